The van der Waals surface area contributed by atoms with Gasteiger partial charge in [0.1, 0.15) is 0 Å². The fourth-order valence-corrected chi connectivity index (χ4v) is 2.82. The number of nitrogens with one attached hydrogen (secondary N) is 1. The molecule has 1 saturated heterocycles. The molecule has 1 aromatic carbocycles. The monoisotopic (exact) mass is 261 g/mol. The van der Waals surface area contributed by atoms with Crippen LogP contribution in [0.15, 0.2) is 18.2 Å². The first-order valence-electron chi connectivity index (χ1n) is 7.63. The van der Waals surface area contributed by atoms with Gasteiger partial charge in [-0.1, -0.05) is 25.1 Å². The molecule has 0 amide bonds. The van der Waals surface area contributed by atoms with Gasteiger partial charge in [-0.05, 0) is 62.8 Å². The van der Waals surface area contributed by atoms with Gasteiger partial charge in [0.2, 0.25) is 0 Å². The summed E-state index contributed by atoms with van der Waals surface area (Å²) in [5.74, 6) is 0. The summed E-state index contributed by atoms with van der Waals surface area (Å²) in [6.45, 7) is 8.49. The van der Waals surface area contributed by atoms with E-state index in [0.29, 0.717) is 12.1 Å². The lowest BCUT2D eigenvalue weighted by Crippen LogP contribution is -2.28. The van der Waals surface area contributed by atoms with Gasteiger partial charge in [-0.25, -0.2) is 0 Å². The van der Waals surface area contributed by atoms with Crippen LogP contribution in [0, 0.1) is 13.8 Å². The van der Waals surface area contributed by atoms with Crippen LogP contribution in [0.3, 0.4) is 0 Å². The molecular weight excluding hydrogens is 234 g/mol. The summed E-state index contributed by atoms with van der Waals surface area (Å²) in [6, 6.07) is 7.24. The van der Waals surface area contributed by atoms with Crippen LogP contribution in [0.4, 0.5) is 0 Å². The molecule has 1 heterocycles. The van der Waals surface area contributed by atoms with E-state index >= 15 is 0 Å². The highest BCUT2D eigenvalue weighted by molar-refractivity contribution is 5.31. The van der Waals surface area contributed by atoms with Crippen LogP contribution in [-0.2, 0) is 4.74 Å². The van der Waals surface area contributed by atoms with Crippen molar-refractivity contribution in [3.63, 3.8) is 0 Å². The van der Waals surface area contributed by atoms with Crippen LogP contribution >= 0.6 is 0 Å². The van der Waals surface area contributed by atoms with Crippen molar-refractivity contribution in [2.75, 3.05) is 13.2 Å². The molecule has 1 N–H and O–H groups in total. The Hall–Kier alpha value is -0.860. The van der Waals surface area contributed by atoms with E-state index in [1.807, 2.05) is 0 Å². The third-order valence-electron chi connectivity index (χ3n) is 4.16. The molecule has 1 aliphatic heterocycles. The Morgan fingerprint density at radius 3 is 2.74 bits per heavy atom. The average Bonchev–Trinajstić information content (AvgIpc) is 2.43. The quantitative estimate of drug-likeness (QED) is 0.867. The molecule has 0 radical (unpaired) electrons. The van der Waals surface area contributed by atoms with E-state index in [1.165, 1.54) is 36.0 Å². The van der Waals surface area contributed by atoms with E-state index in [9.17, 15) is 0 Å². The number of aryl methyl sites for hydroxylation is 2. The lowest BCUT2D eigenvalue weighted by Gasteiger charge is -2.28. The zero-order valence-corrected chi connectivity index (χ0v) is 12.5. The second kappa shape index (κ2) is 7.06. The van der Waals surface area contributed by atoms with Gasteiger partial charge in [-0.2, -0.15) is 0 Å². The summed E-state index contributed by atoms with van der Waals surface area (Å²) in [6.07, 6.45) is 5.28. The van der Waals surface area contributed by atoms with E-state index in [0.717, 1.165) is 19.6 Å². The topological polar surface area (TPSA) is 21.3 Å². The predicted molar refractivity (Wildman–Crippen MR) is 80.5 cm³/mol. The summed E-state index contributed by atoms with van der Waals surface area (Å²) < 4.78 is 5.89. The highest BCUT2D eigenvalue weighted by Crippen LogP contribution is 2.26. The first-order valence-corrected chi connectivity index (χ1v) is 7.63. The molecule has 19 heavy (non-hydrogen) atoms. The molecule has 2 atom stereocenters. The Kier molecular flexibility index (Phi) is 5.41. The van der Waals surface area contributed by atoms with Gasteiger partial charge in [0.25, 0.3) is 0 Å². The van der Waals surface area contributed by atoms with Gasteiger partial charge in [0, 0.05) is 12.6 Å². The van der Waals surface area contributed by atoms with Gasteiger partial charge >= 0.3 is 0 Å². The summed E-state index contributed by atoms with van der Waals surface area (Å²) in [4.78, 5) is 0. The summed E-state index contributed by atoms with van der Waals surface area (Å²) in [5, 5.41) is 3.61. The summed E-state index contributed by atoms with van der Waals surface area (Å²) in [5.41, 5.74) is 4.15. The molecule has 1 aromatic rings. The molecule has 0 aromatic heterocycles. The molecule has 106 valence electrons. The number of hydrogen-bond acceptors (Lipinski definition) is 2. The van der Waals surface area contributed by atoms with Crippen molar-refractivity contribution in [1.82, 2.24) is 5.32 Å². The number of ether oxygens (including phenoxy) is 1. The fourth-order valence-electron chi connectivity index (χ4n) is 2.82. The van der Waals surface area contributed by atoms with Gasteiger partial charge in [0.05, 0.1) is 6.10 Å². The van der Waals surface area contributed by atoms with Crippen molar-refractivity contribution < 1.29 is 4.74 Å². The lowest BCUT2D eigenvalue weighted by molar-refractivity contribution is 0.00513. The Labute approximate surface area is 117 Å². The molecule has 1 aliphatic rings. The number of benzene rings is 1. The molecule has 2 nitrogen and oxygen atoms in total. The van der Waals surface area contributed by atoms with Crippen molar-refractivity contribution in [1.29, 1.82) is 0 Å². The van der Waals surface area contributed by atoms with Gasteiger partial charge in [0.15, 0.2) is 0 Å². The van der Waals surface area contributed by atoms with E-state index in [-0.39, 0.29) is 0 Å². The van der Waals surface area contributed by atoms with E-state index < -0.39 is 0 Å². The van der Waals surface area contributed by atoms with Gasteiger partial charge in [-0.15, -0.1) is 0 Å². The Bertz CT molecular complexity index is 396. The molecule has 1 fully saturated rings. The summed E-state index contributed by atoms with van der Waals surface area (Å²) in [7, 11) is 0. The third-order valence-corrected chi connectivity index (χ3v) is 4.16. The van der Waals surface area contributed by atoms with E-state index in [1.54, 1.807) is 0 Å². The minimum atomic E-state index is 0.424. The highest BCUT2D eigenvalue weighted by Gasteiger charge is 2.20. The van der Waals surface area contributed by atoms with E-state index in [2.05, 4.69) is 44.3 Å². The Morgan fingerprint density at radius 2 is 2.11 bits per heavy atom. The second-order valence-corrected chi connectivity index (χ2v) is 5.68. The zero-order chi connectivity index (χ0) is 13.7. The van der Waals surface area contributed by atoms with E-state index in [4.69, 9.17) is 4.74 Å². The number of rotatable bonds is 5. The van der Waals surface area contributed by atoms with Crippen LogP contribution in [0.2, 0.25) is 0 Å². The number of hydrogen-bond donors (Lipinski definition) is 1. The molecule has 0 spiro atoms. The molecule has 0 saturated carbocycles. The van der Waals surface area contributed by atoms with Crippen molar-refractivity contribution in [2.24, 2.45) is 0 Å². The maximum atomic E-state index is 5.89. The first kappa shape index (κ1) is 14.5. The SMILES string of the molecule is CCNC(CC1CCCCO1)c1ccc(C)c(C)c1. The minimum absolute atomic E-state index is 0.424. The average molecular weight is 261 g/mol. The molecule has 2 rings (SSSR count). The maximum Gasteiger partial charge on any atom is 0.0593 e. The Balaban J connectivity index is 2.07. The molecule has 0 bridgehead atoms. The van der Waals surface area contributed by atoms with Crippen LogP contribution in [0.5, 0.6) is 0 Å². The molecular formula is C17H27NO. The second-order valence-electron chi connectivity index (χ2n) is 5.68. The van der Waals surface area contributed by atoms with Crippen LogP contribution in [-0.4, -0.2) is 19.3 Å². The zero-order valence-electron chi connectivity index (χ0n) is 12.5. The lowest BCUT2D eigenvalue weighted by atomic mass is 9.94. The maximum absolute atomic E-state index is 5.89. The molecule has 2 heteroatoms. The first-order chi connectivity index (χ1) is 9.20. The highest BCUT2D eigenvalue weighted by atomic mass is 16.5. The summed E-state index contributed by atoms with van der Waals surface area (Å²) >= 11 is 0. The van der Waals surface area contributed by atoms with Crippen LogP contribution in [0.25, 0.3) is 0 Å². The standard InChI is InChI=1S/C17H27NO/c1-4-18-17(12-16-7-5-6-10-19-16)15-9-8-13(2)14(3)11-15/h8-9,11,16-18H,4-7,10,12H2,1-3H3. The minimum Gasteiger partial charge on any atom is -0.378 e. The predicted octanol–water partition coefficient (Wildman–Crippen LogP) is 3.91. The largest absolute Gasteiger partial charge is 0.378 e. The fraction of sp³-hybridized carbons (Fsp3) is 0.647. The molecule has 0 aliphatic carbocycles. The van der Waals surface area contributed by atoms with Gasteiger partial charge < -0.3 is 10.1 Å². The third kappa shape index (κ3) is 4.05. The van der Waals surface area contributed by atoms with Gasteiger partial charge in [-0.3, -0.25) is 0 Å². The smallest absolute Gasteiger partial charge is 0.0593 e. The van der Waals surface area contributed by atoms with Crippen molar-refractivity contribution in [2.45, 2.75) is 58.6 Å². The normalized spacial score (nSPS) is 21.3. The Morgan fingerprint density at radius 1 is 1.26 bits per heavy atom. The van der Waals surface area contributed by atoms with Crippen LogP contribution in [0.1, 0.15) is 55.3 Å². The molecule has 2 unspecified atom stereocenters. The van der Waals surface area contributed by atoms with Crippen LogP contribution < -0.4 is 5.32 Å². The van der Waals surface area contributed by atoms with Crippen molar-refractivity contribution in [3.05, 3.63) is 34.9 Å². The van der Waals surface area contributed by atoms with Crippen molar-refractivity contribution in [3.8, 4) is 0 Å². The van der Waals surface area contributed by atoms with Crippen molar-refractivity contribution >= 4 is 0 Å².